The van der Waals surface area contributed by atoms with Crippen molar-refractivity contribution >= 4 is 45.5 Å². The minimum absolute atomic E-state index is 0.0502. The molecule has 1 saturated heterocycles. The van der Waals surface area contributed by atoms with Gasteiger partial charge in [0.05, 0.1) is 29.3 Å². The zero-order valence-electron chi connectivity index (χ0n) is 20.9. The third kappa shape index (κ3) is 4.64. The van der Waals surface area contributed by atoms with Gasteiger partial charge in [-0.15, -0.1) is 0 Å². The van der Waals surface area contributed by atoms with Crippen LogP contribution in [0.3, 0.4) is 0 Å². The van der Waals surface area contributed by atoms with Crippen LogP contribution in [0.4, 0.5) is 5.69 Å². The van der Waals surface area contributed by atoms with Crippen LogP contribution in [0.1, 0.15) is 29.3 Å². The van der Waals surface area contributed by atoms with Crippen molar-refractivity contribution < 1.29 is 9.53 Å². The summed E-state index contributed by atoms with van der Waals surface area (Å²) in [6.07, 6.45) is 1.98. The Labute approximate surface area is 220 Å². The quantitative estimate of drug-likeness (QED) is 0.280. The summed E-state index contributed by atoms with van der Waals surface area (Å²) in [5.74, 6) is 0.710. The molecule has 1 aliphatic rings. The van der Waals surface area contributed by atoms with Crippen molar-refractivity contribution in [2.24, 2.45) is 4.99 Å². The lowest BCUT2D eigenvalue weighted by molar-refractivity contribution is -0.122. The predicted octanol–water partition coefficient (Wildman–Crippen LogP) is 6.50. The minimum Gasteiger partial charge on any atom is -0.497 e. The summed E-state index contributed by atoms with van der Waals surface area (Å²) in [5.41, 5.74) is 5.50. The molecule has 5 rings (SSSR count). The monoisotopic (exact) mass is 506 g/mol. The maximum atomic E-state index is 13.4. The van der Waals surface area contributed by atoms with E-state index in [1.807, 2.05) is 73.7 Å². The van der Waals surface area contributed by atoms with E-state index >= 15 is 0 Å². The average molecular weight is 507 g/mol. The SMILES string of the molecule is CCN1C(=O)/C(=C\c2c(C)n(Cc3ccccc3C#N)c3ccccc23)SC1=Nc1ccc(OC)cc1. The molecule has 0 unspecified atom stereocenters. The Morgan fingerprint density at radius 3 is 2.51 bits per heavy atom. The highest BCUT2D eigenvalue weighted by atomic mass is 32.2. The molecule has 0 bridgehead atoms. The fraction of sp³-hybridized carbons (Fsp3) is 0.167. The number of carbonyl (C=O) groups is 1. The van der Waals surface area contributed by atoms with Crippen molar-refractivity contribution in [2.75, 3.05) is 13.7 Å². The number of likely N-dealkylation sites (N-methyl/N-ethyl adjacent to an activating group) is 1. The number of hydrogen-bond acceptors (Lipinski definition) is 5. The molecule has 4 aromatic rings. The Balaban J connectivity index is 1.55. The number of aliphatic imine (C=N–C) groups is 1. The van der Waals surface area contributed by atoms with Crippen LogP contribution in [0.2, 0.25) is 0 Å². The molecule has 0 spiro atoms. The molecule has 0 aliphatic carbocycles. The molecule has 3 aromatic carbocycles. The van der Waals surface area contributed by atoms with Gasteiger partial charge < -0.3 is 9.30 Å². The van der Waals surface area contributed by atoms with Crippen molar-refractivity contribution in [3.8, 4) is 11.8 Å². The molecule has 37 heavy (non-hydrogen) atoms. The summed E-state index contributed by atoms with van der Waals surface area (Å²) in [6, 6.07) is 25.6. The maximum absolute atomic E-state index is 13.4. The van der Waals surface area contributed by atoms with E-state index in [4.69, 9.17) is 9.73 Å². The van der Waals surface area contributed by atoms with E-state index in [0.29, 0.717) is 28.7 Å². The van der Waals surface area contributed by atoms with E-state index in [9.17, 15) is 10.1 Å². The number of aromatic nitrogens is 1. The predicted molar refractivity (Wildman–Crippen MR) is 150 cm³/mol. The van der Waals surface area contributed by atoms with E-state index < -0.39 is 0 Å². The van der Waals surface area contributed by atoms with Crippen molar-refractivity contribution in [3.05, 3.63) is 100 Å². The zero-order chi connectivity index (χ0) is 25.9. The van der Waals surface area contributed by atoms with Crippen LogP contribution in [0, 0.1) is 18.3 Å². The molecule has 0 radical (unpaired) electrons. The number of rotatable bonds is 6. The standard InChI is InChI=1S/C30H26N4O2S/c1-4-33-29(35)28(37-30(33)32-23-13-15-24(36-3)16-14-23)17-26-20(2)34(27-12-8-7-11-25(26)27)19-22-10-6-5-9-21(22)18-31/h5-17H,4,19H2,1-3H3/b28-17+,32-30?. The molecule has 0 atom stereocenters. The molecule has 0 N–H and O–H groups in total. The second-order valence-corrected chi connectivity index (χ2v) is 9.63. The van der Waals surface area contributed by atoms with Crippen molar-refractivity contribution in [3.63, 3.8) is 0 Å². The van der Waals surface area contributed by atoms with Crippen molar-refractivity contribution in [1.82, 2.24) is 9.47 Å². The van der Waals surface area contributed by atoms with Gasteiger partial charge in [0.2, 0.25) is 0 Å². The van der Waals surface area contributed by atoms with Crippen LogP contribution in [0.5, 0.6) is 5.75 Å². The van der Waals surface area contributed by atoms with Gasteiger partial charge in [-0.05, 0) is 73.6 Å². The number of methoxy groups -OCH3 is 1. The van der Waals surface area contributed by atoms with Crippen LogP contribution < -0.4 is 4.74 Å². The molecule has 184 valence electrons. The molecule has 1 fully saturated rings. The highest BCUT2D eigenvalue weighted by molar-refractivity contribution is 8.18. The Morgan fingerprint density at radius 2 is 1.78 bits per heavy atom. The molecule has 1 amide bonds. The molecular formula is C30H26N4O2S. The maximum Gasteiger partial charge on any atom is 0.266 e. The molecular weight excluding hydrogens is 480 g/mol. The van der Waals surface area contributed by atoms with Crippen LogP contribution >= 0.6 is 11.8 Å². The fourth-order valence-corrected chi connectivity index (χ4v) is 5.59. The lowest BCUT2D eigenvalue weighted by atomic mass is 10.1. The van der Waals surface area contributed by atoms with Gasteiger partial charge in [-0.2, -0.15) is 5.26 Å². The number of nitriles is 1. The normalized spacial score (nSPS) is 15.6. The van der Waals surface area contributed by atoms with Crippen LogP contribution in [0.25, 0.3) is 17.0 Å². The van der Waals surface area contributed by atoms with Gasteiger partial charge in [-0.25, -0.2) is 4.99 Å². The summed E-state index contributed by atoms with van der Waals surface area (Å²) in [4.78, 5) is 20.5. The number of hydrogen-bond donors (Lipinski definition) is 0. The van der Waals surface area contributed by atoms with Gasteiger partial charge in [-0.3, -0.25) is 9.69 Å². The van der Waals surface area contributed by atoms with Crippen LogP contribution in [0.15, 0.2) is 82.7 Å². The largest absolute Gasteiger partial charge is 0.497 e. The first-order valence-electron chi connectivity index (χ1n) is 12.0. The molecule has 6 nitrogen and oxygen atoms in total. The van der Waals surface area contributed by atoms with Gasteiger partial charge >= 0.3 is 0 Å². The molecule has 1 aromatic heterocycles. The van der Waals surface area contributed by atoms with Gasteiger partial charge in [-0.1, -0.05) is 36.4 Å². The van der Waals surface area contributed by atoms with E-state index in [1.54, 1.807) is 12.0 Å². The average Bonchev–Trinajstić information content (AvgIpc) is 3.37. The molecule has 1 aliphatic heterocycles. The number of amidine groups is 1. The number of ether oxygens (including phenoxy) is 1. The van der Waals surface area contributed by atoms with Crippen LogP contribution in [-0.4, -0.2) is 34.2 Å². The summed E-state index contributed by atoms with van der Waals surface area (Å²) in [7, 11) is 1.63. The van der Waals surface area contributed by atoms with Crippen LogP contribution in [-0.2, 0) is 11.3 Å². The highest BCUT2D eigenvalue weighted by Gasteiger charge is 2.32. The first-order chi connectivity index (χ1) is 18.0. The van der Waals surface area contributed by atoms with E-state index in [-0.39, 0.29) is 5.91 Å². The lowest BCUT2D eigenvalue weighted by Crippen LogP contribution is -2.28. The molecule has 0 saturated carbocycles. The number of amides is 1. The number of benzene rings is 3. The Bertz CT molecular complexity index is 1590. The van der Waals surface area contributed by atoms with E-state index in [0.717, 1.165) is 39.2 Å². The number of carbonyl (C=O) groups excluding carboxylic acids is 1. The molecule has 2 heterocycles. The number of nitrogens with zero attached hydrogens (tertiary/aromatic N) is 4. The Kier molecular flexibility index (Phi) is 6.85. The fourth-order valence-electron chi connectivity index (χ4n) is 4.55. The van der Waals surface area contributed by atoms with Crippen molar-refractivity contribution in [1.29, 1.82) is 5.26 Å². The highest BCUT2D eigenvalue weighted by Crippen LogP contribution is 2.37. The number of para-hydroxylation sites is 1. The topological polar surface area (TPSA) is 70.6 Å². The number of fused-ring (bicyclic) bond motifs is 1. The second kappa shape index (κ2) is 10.4. The van der Waals surface area contributed by atoms with E-state index in [2.05, 4.69) is 29.7 Å². The van der Waals surface area contributed by atoms with E-state index in [1.165, 1.54) is 11.8 Å². The summed E-state index contributed by atoms with van der Waals surface area (Å²) >= 11 is 1.39. The first kappa shape index (κ1) is 24.4. The zero-order valence-corrected chi connectivity index (χ0v) is 21.7. The first-order valence-corrected chi connectivity index (χ1v) is 12.9. The third-order valence-electron chi connectivity index (χ3n) is 6.52. The van der Waals surface area contributed by atoms with Gasteiger partial charge in [0.25, 0.3) is 5.91 Å². The van der Waals surface area contributed by atoms with Gasteiger partial charge in [0.1, 0.15) is 5.75 Å². The number of thioether (sulfide) groups is 1. The van der Waals surface area contributed by atoms with Gasteiger partial charge in [0, 0.05) is 35.2 Å². The smallest absolute Gasteiger partial charge is 0.266 e. The summed E-state index contributed by atoms with van der Waals surface area (Å²) in [6.45, 7) is 5.12. The Hall–Kier alpha value is -4.28. The third-order valence-corrected chi connectivity index (χ3v) is 7.53. The lowest BCUT2D eigenvalue weighted by Gasteiger charge is -2.12. The van der Waals surface area contributed by atoms with Crippen molar-refractivity contribution in [2.45, 2.75) is 20.4 Å². The minimum atomic E-state index is -0.0502. The Morgan fingerprint density at radius 1 is 1.05 bits per heavy atom. The summed E-state index contributed by atoms with van der Waals surface area (Å²) < 4.78 is 7.45. The summed E-state index contributed by atoms with van der Waals surface area (Å²) in [5, 5.41) is 11.3. The molecule has 7 heteroatoms. The second-order valence-electron chi connectivity index (χ2n) is 8.62. The van der Waals surface area contributed by atoms with Gasteiger partial charge in [0.15, 0.2) is 5.17 Å².